The van der Waals surface area contributed by atoms with Gasteiger partial charge < -0.3 is 10.1 Å². The molecule has 0 bridgehead atoms. The van der Waals surface area contributed by atoms with Gasteiger partial charge in [0.2, 0.25) is 0 Å². The van der Waals surface area contributed by atoms with Gasteiger partial charge in [-0.1, -0.05) is 41.9 Å². The monoisotopic (exact) mass is 364 g/mol. The van der Waals surface area contributed by atoms with E-state index in [-0.39, 0.29) is 5.02 Å². The molecule has 0 unspecified atom stereocenters. The lowest BCUT2D eigenvalue weighted by Gasteiger charge is -2.08. The maximum atomic E-state index is 12.1. The molecule has 5 nitrogen and oxygen atoms in total. The molecule has 0 fully saturated rings. The Bertz CT molecular complexity index is 1040. The molecule has 26 heavy (non-hydrogen) atoms. The number of fused-ring (bicyclic) bond motifs is 1. The molecule has 6 heteroatoms. The van der Waals surface area contributed by atoms with E-state index in [2.05, 4.69) is 5.32 Å². The summed E-state index contributed by atoms with van der Waals surface area (Å²) in [6, 6.07) is 19.3. The van der Waals surface area contributed by atoms with Gasteiger partial charge in [0.1, 0.15) is 6.07 Å². The molecule has 0 aliphatic heterocycles. The van der Waals surface area contributed by atoms with Crippen LogP contribution in [0.2, 0.25) is 5.02 Å². The zero-order valence-electron chi connectivity index (χ0n) is 13.5. The van der Waals surface area contributed by atoms with Gasteiger partial charge >= 0.3 is 5.97 Å². The summed E-state index contributed by atoms with van der Waals surface area (Å²) in [4.78, 5) is 24.1. The average Bonchev–Trinajstić information content (AvgIpc) is 2.66. The van der Waals surface area contributed by atoms with Crippen molar-refractivity contribution >= 4 is 39.9 Å². The first-order chi connectivity index (χ1) is 12.6. The average molecular weight is 365 g/mol. The predicted octanol–water partition coefficient (Wildman–Crippen LogP) is 4.16. The van der Waals surface area contributed by atoms with Gasteiger partial charge in [-0.2, -0.15) is 5.26 Å². The predicted molar refractivity (Wildman–Crippen MR) is 99.0 cm³/mol. The van der Waals surface area contributed by atoms with Gasteiger partial charge in [-0.05, 0) is 41.1 Å². The van der Waals surface area contributed by atoms with Crippen LogP contribution < -0.4 is 5.32 Å². The van der Waals surface area contributed by atoms with Crippen LogP contribution in [-0.4, -0.2) is 18.5 Å². The minimum Gasteiger partial charge on any atom is -0.452 e. The fourth-order valence-corrected chi connectivity index (χ4v) is 2.63. The number of amides is 1. The van der Waals surface area contributed by atoms with Crippen LogP contribution in [-0.2, 0) is 9.53 Å². The molecular weight excluding hydrogens is 352 g/mol. The van der Waals surface area contributed by atoms with Gasteiger partial charge in [-0.15, -0.1) is 0 Å². The second kappa shape index (κ2) is 7.68. The summed E-state index contributed by atoms with van der Waals surface area (Å²) in [5, 5.41) is 13.6. The lowest BCUT2D eigenvalue weighted by Crippen LogP contribution is -2.20. The number of rotatable bonds is 4. The van der Waals surface area contributed by atoms with E-state index in [4.69, 9.17) is 21.6 Å². The molecule has 128 valence electrons. The molecule has 0 aromatic heterocycles. The fourth-order valence-electron chi connectivity index (χ4n) is 2.41. The Morgan fingerprint density at radius 2 is 1.81 bits per heavy atom. The van der Waals surface area contributed by atoms with Gasteiger partial charge in [0, 0.05) is 5.69 Å². The van der Waals surface area contributed by atoms with Crippen molar-refractivity contribution in [1.29, 1.82) is 5.26 Å². The Morgan fingerprint density at radius 3 is 2.54 bits per heavy atom. The zero-order chi connectivity index (χ0) is 18.5. The first-order valence-electron chi connectivity index (χ1n) is 7.72. The number of anilines is 1. The number of halogens is 1. The van der Waals surface area contributed by atoms with Crippen molar-refractivity contribution in [3.8, 4) is 6.07 Å². The van der Waals surface area contributed by atoms with Crippen molar-refractivity contribution < 1.29 is 14.3 Å². The Morgan fingerprint density at radius 1 is 1.04 bits per heavy atom. The quantitative estimate of drug-likeness (QED) is 0.705. The van der Waals surface area contributed by atoms with E-state index in [1.807, 2.05) is 36.4 Å². The number of carbonyl (C=O) groups excluding carboxylic acids is 2. The summed E-state index contributed by atoms with van der Waals surface area (Å²) in [6.45, 7) is -0.427. The molecule has 3 aromatic rings. The summed E-state index contributed by atoms with van der Waals surface area (Å²) in [5.41, 5.74) is 1.10. The second-order valence-corrected chi connectivity index (χ2v) is 5.90. The van der Waals surface area contributed by atoms with Crippen LogP contribution in [0, 0.1) is 11.3 Å². The number of carbonyl (C=O) groups is 2. The smallest absolute Gasteiger partial charge is 0.338 e. The van der Waals surface area contributed by atoms with Crippen molar-refractivity contribution in [1.82, 2.24) is 0 Å². The minimum absolute atomic E-state index is 0.235. The van der Waals surface area contributed by atoms with Gasteiger partial charge in [-0.3, -0.25) is 4.79 Å². The van der Waals surface area contributed by atoms with Crippen LogP contribution in [0.5, 0.6) is 0 Å². The number of hydrogen-bond acceptors (Lipinski definition) is 4. The molecule has 0 aliphatic rings. The van der Waals surface area contributed by atoms with Crippen molar-refractivity contribution in [2.45, 2.75) is 0 Å². The number of benzene rings is 3. The first kappa shape index (κ1) is 17.5. The lowest BCUT2D eigenvalue weighted by molar-refractivity contribution is -0.119. The lowest BCUT2D eigenvalue weighted by atomic mass is 10.1. The highest BCUT2D eigenvalue weighted by atomic mass is 35.5. The van der Waals surface area contributed by atoms with Crippen LogP contribution in [0.4, 0.5) is 5.69 Å². The van der Waals surface area contributed by atoms with E-state index < -0.39 is 18.5 Å². The number of nitrogens with zero attached hydrogens (tertiary/aromatic N) is 1. The van der Waals surface area contributed by atoms with Crippen LogP contribution in [0.3, 0.4) is 0 Å². The molecule has 1 N–H and O–H groups in total. The number of esters is 1. The molecule has 0 saturated carbocycles. The highest BCUT2D eigenvalue weighted by molar-refractivity contribution is 6.32. The summed E-state index contributed by atoms with van der Waals surface area (Å²) < 4.78 is 5.05. The highest BCUT2D eigenvalue weighted by Gasteiger charge is 2.11. The van der Waals surface area contributed by atoms with Crippen LogP contribution in [0.15, 0.2) is 60.7 Å². The molecular formula is C20H13ClN2O3. The number of nitrogens with one attached hydrogen (secondary N) is 1. The largest absolute Gasteiger partial charge is 0.452 e. The van der Waals surface area contributed by atoms with Gasteiger partial charge in [0.05, 0.1) is 16.1 Å². The first-order valence-corrected chi connectivity index (χ1v) is 8.10. The highest BCUT2D eigenvalue weighted by Crippen LogP contribution is 2.20. The standard InChI is InChI=1S/C20H13ClN2O3/c21-18-10-17(8-7-16(18)11-22)23-19(24)12-26-20(25)15-6-5-13-3-1-2-4-14(13)9-15/h1-10H,12H2,(H,23,24). The maximum Gasteiger partial charge on any atom is 0.338 e. The normalized spacial score (nSPS) is 10.2. The Balaban J connectivity index is 1.60. The third kappa shape index (κ3) is 4.00. The molecule has 0 saturated heterocycles. The van der Waals surface area contributed by atoms with E-state index in [1.165, 1.54) is 12.1 Å². The van der Waals surface area contributed by atoms with Crippen LogP contribution in [0.1, 0.15) is 15.9 Å². The van der Waals surface area contributed by atoms with Crippen molar-refractivity contribution in [3.05, 3.63) is 76.8 Å². The summed E-state index contributed by atoms with van der Waals surface area (Å²) in [5.74, 6) is -1.08. The van der Waals surface area contributed by atoms with E-state index in [9.17, 15) is 9.59 Å². The van der Waals surface area contributed by atoms with Gasteiger partial charge in [-0.25, -0.2) is 4.79 Å². The van der Waals surface area contributed by atoms with Gasteiger partial charge in [0.15, 0.2) is 6.61 Å². The Labute approximate surface area is 154 Å². The van der Waals surface area contributed by atoms with E-state index >= 15 is 0 Å². The molecule has 0 spiro atoms. The molecule has 3 aromatic carbocycles. The third-order valence-electron chi connectivity index (χ3n) is 3.69. The number of ether oxygens (including phenoxy) is 1. The summed E-state index contributed by atoms with van der Waals surface area (Å²) in [7, 11) is 0. The summed E-state index contributed by atoms with van der Waals surface area (Å²) >= 11 is 5.91. The molecule has 0 radical (unpaired) electrons. The molecule has 1 amide bonds. The van der Waals surface area contributed by atoms with Crippen LogP contribution in [0.25, 0.3) is 10.8 Å². The van der Waals surface area contributed by atoms with E-state index in [1.54, 1.807) is 18.2 Å². The fraction of sp³-hybridized carbons (Fsp3) is 0.0500. The van der Waals surface area contributed by atoms with Crippen molar-refractivity contribution in [3.63, 3.8) is 0 Å². The molecule has 0 heterocycles. The molecule has 3 rings (SSSR count). The second-order valence-electron chi connectivity index (χ2n) is 5.49. The topological polar surface area (TPSA) is 79.2 Å². The summed E-state index contributed by atoms with van der Waals surface area (Å²) in [6.07, 6.45) is 0. The number of hydrogen-bond donors (Lipinski definition) is 1. The maximum absolute atomic E-state index is 12.1. The SMILES string of the molecule is N#Cc1ccc(NC(=O)COC(=O)c2ccc3ccccc3c2)cc1Cl. The Kier molecular flexibility index (Phi) is 5.16. The van der Waals surface area contributed by atoms with E-state index in [0.29, 0.717) is 16.8 Å². The van der Waals surface area contributed by atoms with Crippen molar-refractivity contribution in [2.75, 3.05) is 11.9 Å². The van der Waals surface area contributed by atoms with E-state index in [0.717, 1.165) is 10.8 Å². The zero-order valence-corrected chi connectivity index (χ0v) is 14.3. The van der Waals surface area contributed by atoms with Crippen molar-refractivity contribution in [2.24, 2.45) is 0 Å². The van der Waals surface area contributed by atoms with Gasteiger partial charge in [0.25, 0.3) is 5.91 Å². The van der Waals surface area contributed by atoms with Crippen LogP contribution >= 0.6 is 11.6 Å². The molecule has 0 atom stereocenters. The third-order valence-corrected chi connectivity index (χ3v) is 4.01. The molecule has 0 aliphatic carbocycles. The Hall–Kier alpha value is -3.36. The number of nitriles is 1. The minimum atomic E-state index is -0.580.